The summed E-state index contributed by atoms with van der Waals surface area (Å²) in [7, 11) is -0.524. The number of pyridine rings is 1. The minimum Gasteiger partial charge on any atom is -0.493 e. The van der Waals surface area contributed by atoms with Crippen LogP contribution in [0.4, 0.5) is 10.1 Å². The van der Waals surface area contributed by atoms with E-state index in [1.54, 1.807) is 24.3 Å². The summed E-state index contributed by atoms with van der Waals surface area (Å²) in [4.78, 5) is 15.6. The van der Waals surface area contributed by atoms with Crippen LogP contribution in [0.15, 0.2) is 54.7 Å². The maximum Gasteiger partial charge on any atom is 0.298 e. The van der Waals surface area contributed by atoms with Crippen LogP contribution in [0.5, 0.6) is 11.5 Å². The normalized spacial score (nSPS) is 12.2. The van der Waals surface area contributed by atoms with Gasteiger partial charge >= 0.3 is 0 Å². The van der Waals surface area contributed by atoms with Crippen molar-refractivity contribution in [2.45, 2.75) is 12.3 Å². The van der Waals surface area contributed by atoms with E-state index in [4.69, 9.17) is 9.47 Å². The first-order valence-corrected chi connectivity index (χ1v) is 12.0. The Hall–Kier alpha value is -3.53. The molecular weight excluding hydrogens is 451 g/mol. The molecule has 1 unspecified atom stereocenters. The smallest absolute Gasteiger partial charge is 0.298 e. The lowest BCUT2D eigenvalue weighted by molar-refractivity contribution is -0.385. The van der Waals surface area contributed by atoms with Gasteiger partial charge in [0.15, 0.2) is 11.5 Å². The van der Waals surface area contributed by atoms with Crippen molar-refractivity contribution in [1.29, 1.82) is 0 Å². The largest absolute Gasteiger partial charge is 0.493 e. The minimum atomic E-state index is -3.46. The Labute approximate surface area is 191 Å². The number of nitrogens with zero attached hydrogens (tertiary/aromatic N) is 2. The monoisotopic (exact) mass is 474 g/mol. The van der Waals surface area contributed by atoms with Crippen molar-refractivity contribution in [1.82, 2.24) is 4.98 Å². The number of sulfone groups is 1. The number of ether oxygens (including phenoxy) is 2. The number of hydrogen-bond acceptors (Lipinski definition) is 7. The lowest BCUT2D eigenvalue weighted by Crippen LogP contribution is -2.17. The number of rotatable bonds is 9. The first kappa shape index (κ1) is 24.1. The molecule has 0 radical (unpaired) electrons. The highest BCUT2D eigenvalue weighted by Crippen LogP contribution is 2.37. The lowest BCUT2D eigenvalue weighted by Gasteiger charge is -2.19. The van der Waals surface area contributed by atoms with Crippen molar-refractivity contribution < 1.29 is 27.2 Å². The summed E-state index contributed by atoms with van der Waals surface area (Å²) < 4.78 is 49.3. The first-order valence-electron chi connectivity index (χ1n) is 9.91. The Morgan fingerprint density at radius 1 is 1.06 bits per heavy atom. The predicted molar refractivity (Wildman–Crippen MR) is 122 cm³/mol. The van der Waals surface area contributed by atoms with Gasteiger partial charge in [0.1, 0.15) is 21.3 Å². The molecule has 33 heavy (non-hydrogen) atoms. The van der Waals surface area contributed by atoms with Crippen LogP contribution < -0.4 is 9.47 Å². The second-order valence-corrected chi connectivity index (χ2v) is 9.68. The van der Waals surface area contributed by atoms with Gasteiger partial charge < -0.3 is 9.47 Å². The molecule has 3 aromatic rings. The van der Waals surface area contributed by atoms with Gasteiger partial charge in [0, 0.05) is 30.4 Å². The van der Waals surface area contributed by atoms with Crippen molar-refractivity contribution in [3.05, 3.63) is 81.9 Å². The summed E-state index contributed by atoms with van der Waals surface area (Å²) in [5, 5.41) is 12.0. The molecule has 1 atom stereocenters. The van der Waals surface area contributed by atoms with E-state index >= 15 is 0 Å². The van der Waals surface area contributed by atoms with Crippen molar-refractivity contribution in [2.24, 2.45) is 0 Å². The zero-order chi connectivity index (χ0) is 24.2. The molecule has 0 fully saturated rings. The molecule has 174 valence electrons. The fourth-order valence-corrected chi connectivity index (χ4v) is 4.77. The van der Waals surface area contributed by atoms with Gasteiger partial charge in [-0.3, -0.25) is 15.1 Å². The Kier molecular flexibility index (Phi) is 7.27. The molecule has 0 saturated heterocycles. The maximum atomic E-state index is 14.4. The van der Waals surface area contributed by atoms with E-state index in [-0.39, 0.29) is 34.7 Å². The van der Waals surface area contributed by atoms with Crippen molar-refractivity contribution in [3.63, 3.8) is 0 Å². The fraction of sp³-hybridized carbons (Fsp3) is 0.261. The molecule has 0 spiro atoms. The molecule has 0 aliphatic carbocycles. The van der Waals surface area contributed by atoms with Gasteiger partial charge in [0.2, 0.25) is 0 Å². The minimum absolute atomic E-state index is 0.0544. The quantitative estimate of drug-likeness (QED) is 0.338. The third-order valence-corrected chi connectivity index (χ3v) is 6.18. The standard InChI is InChI=1S/C23H23FN2O6S/c1-31-21-9-8-15(13-22(21)32-2)16(14-33(3,29)30)12-20-23(26(27)28)18(10-11-25-20)17-6-4-5-7-19(17)24/h4-11,13,16H,12,14H2,1-3H3. The summed E-state index contributed by atoms with van der Waals surface area (Å²) >= 11 is 0. The van der Waals surface area contributed by atoms with Crippen LogP contribution in [0.2, 0.25) is 0 Å². The molecule has 0 N–H and O–H groups in total. The number of methoxy groups -OCH3 is 2. The summed E-state index contributed by atoms with van der Waals surface area (Å²) in [6.07, 6.45) is 2.40. The summed E-state index contributed by atoms with van der Waals surface area (Å²) in [6.45, 7) is 0. The molecule has 0 aliphatic heterocycles. The van der Waals surface area contributed by atoms with Gasteiger partial charge in [-0.2, -0.15) is 0 Å². The second kappa shape index (κ2) is 9.95. The SMILES string of the molecule is COc1ccc(C(Cc2nccc(-c3ccccc3F)c2[N+](=O)[O-])CS(C)(=O)=O)cc1OC. The summed E-state index contributed by atoms with van der Waals surface area (Å²) in [6, 6.07) is 12.1. The van der Waals surface area contributed by atoms with E-state index in [9.17, 15) is 22.9 Å². The van der Waals surface area contributed by atoms with Crippen LogP contribution in [-0.2, 0) is 16.3 Å². The molecule has 10 heteroatoms. The third-order valence-electron chi connectivity index (χ3n) is 5.17. The molecular formula is C23H23FN2O6S. The zero-order valence-corrected chi connectivity index (χ0v) is 19.1. The van der Waals surface area contributed by atoms with Gasteiger partial charge in [-0.15, -0.1) is 0 Å². The van der Waals surface area contributed by atoms with Gasteiger partial charge in [-0.25, -0.2) is 12.8 Å². The van der Waals surface area contributed by atoms with Crippen molar-refractivity contribution in [3.8, 4) is 22.6 Å². The number of halogens is 1. The van der Waals surface area contributed by atoms with Gasteiger partial charge in [-0.05, 0) is 29.8 Å². The Morgan fingerprint density at radius 2 is 1.76 bits per heavy atom. The Balaban J connectivity index is 2.13. The molecule has 3 rings (SSSR count). The van der Waals surface area contributed by atoms with E-state index < -0.39 is 26.5 Å². The van der Waals surface area contributed by atoms with Gasteiger partial charge in [0.25, 0.3) is 5.69 Å². The summed E-state index contributed by atoms with van der Waals surface area (Å²) in [5.41, 5.74) is 0.434. The van der Waals surface area contributed by atoms with E-state index in [1.165, 1.54) is 44.7 Å². The fourth-order valence-electron chi connectivity index (χ4n) is 3.73. The Bertz CT molecular complexity index is 1280. The van der Waals surface area contributed by atoms with E-state index in [0.29, 0.717) is 17.1 Å². The van der Waals surface area contributed by atoms with Crippen LogP contribution in [-0.4, -0.2) is 44.6 Å². The number of hydrogen-bond donors (Lipinski definition) is 0. The molecule has 8 nitrogen and oxygen atoms in total. The van der Waals surface area contributed by atoms with E-state index in [0.717, 1.165) is 6.26 Å². The van der Waals surface area contributed by atoms with Crippen LogP contribution >= 0.6 is 0 Å². The van der Waals surface area contributed by atoms with Crippen molar-refractivity contribution in [2.75, 3.05) is 26.2 Å². The number of nitro groups is 1. The highest BCUT2D eigenvalue weighted by Gasteiger charge is 2.28. The molecule has 2 aromatic carbocycles. The van der Waals surface area contributed by atoms with Crippen LogP contribution in [0.25, 0.3) is 11.1 Å². The van der Waals surface area contributed by atoms with Crippen LogP contribution in [0, 0.1) is 15.9 Å². The summed E-state index contributed by atoms with van der Waals surface area (Å²) in [5.74, 6) is -0.682. The lowest BCUT2D eigenvalue weighted by atomic mass is 9.93. The molecule has 0 saturated carbocycles. The van der Waals surface area contributed by atoms with Crippen molar-refractivity contribution >= 4 is 15.5 Å². The second-order valence-electron chi connectivity index (χ2n) is 7.50. The van der Waals surface area contributed by atoms with Gasteiger partial charge in [-0.1, -0.05) is 24.3 Å². The number of benzene rings is 2. The Morgan fingerprint density at radius 3 is 2.36 bits per heavy atom. The van der Waals surface area contributed by atoms with E-state index in [1.807, 2.05) is 0 Å². The third kappa shape index (κ3) is 5.64. The topological polar surface area (TPSA) is 109 Å². The maximum absolute atomic E-state index is 14.4. The highest BCUT2D eigenvalue weighted by molar-refractivity contribution is 7.90. The molecule has 1 aromatic heterocycles. The zero-order valence-electron chi connectivity index (χ0n) is 18.3. The average Bonchev–Trinajstić information content (AvgIpc) is 2.77. The highest BCUT2D eigenvalue weighted by atomic mass is 32.2. The number of aromatic nitrogens is 1. The first-order chi connectivity index (χ1) is 15.6. The molecule has 0 amide bonds. The van der Waals surface area contributed by atoms with Crippen LogP contribution in [0.3, 0.4) is 0 Å². The average molecular weight is 475 g/mol. The molecule has 0 aliphatic rings. The van der Waals surface area contributed by atoms with Gasteiger partial charge in [0.05, 0.1) is 30.5 Å². The molecule has 1 heterocycles. The van der Waals surface area contributed by atoms with E-state index in [2.05, 4.69) is 4.98 Å². The predicted octanol–water partition coefficient (Wildman–Crippen LogP) is 4.18. The van der Waals surface area contributed by atoms with Crippen LogP contribution in [0.1, 0.15) is 17.2 Å². The molecule has 0 bridgehead atoms.